The maximum atomic E-state index is 10.4. The molecule has 0 aromatic rings. The van der Waals surface area contributed by atoms with Crippen molar-refractivity contribution in [3.63, 3.8) is 0 Å². The number of hydrogen-bond donors (Lipinski definition) is 2. The van der Waals surface area contributed by atoms with Crippen molar-refractivity contribution in [2.24, 2.45) is 0 Å². The largest absolute Gasteiger partial charge is 0.385 e. The van der Waals surface area contributed by atoms with E-state index in [-0.39, 0.29) is 5.91 Å². The molecular weight excluding hydrogens is 156 g/mol. The van der Waals surface area contributed by atoms with Crippen LogP contribution < -0.4 is 10.6 Å². The van der Waals surface area contributed by atoms with Gasteiger partial charge in [0.25, 0.3) is 0 Å². The zero-order valence-electron chi connectivity index (χ0n) is 7.85. The zero-order chi connectivity index (χ0) is 9.23. The molecule has 0 aromatic heterocycles. The molecule has 0 atom stereocenters. The van der Waals surface area contributed by atoms with Crippen molar-refractivity contribution < 1.29 is 9.53 Å². The highest BCUT2D eigenvalue weighted by Crippen LogP contribution is 1.75. The number of amides is 1. The van der Waals surface area contributed by atoms with E-state index in [9.17, 15) is 4.79 Å². The summed E-state index contributed by atoms with van der Waals surface area (Å²) in [5.41, 5.74) is 0. The number of methoxy groups -OCH3 is 1. The van der Waals surface area contributed by atoms with Gasteiger partial charge in [-0.3, -0.25) is 4.79 Å². The van der Waals surface area contributed by atoms with Crippen LogP contribution in [-0.2, 0) is 9.53 Å². The molecule has 0 aliphatic carbocycles. The highest BCUT2D eigenvalue weighted by molar-refractivity contribution is 5.72. The van der Waals surface area contributed by atoms with Crippen LogP contribution in [0.25, 0.3) is 0 Å². The van der Waals surface area contributed by atoms with E-state index in [4.69, 9.17) is 4.74 Å². The molecule has 72 valence electrons. The van der Waals surface area contributed by atoms with Gasteiger partial charge in [-0.05, 0) is 13.0 Å². The summed E-state index contributed by atoms with van der Waals surface area (Å²) in [5.74, 6) is 0.0219. The molecule has 0 fully saturated rings. The van der Waals surface area contributed by atoms with E-state index in [2.05, 4.69) is 10.6 Å². The first kappa shape index (κ1) is 11.4. The second kappa shape index (κ2) is 8.49. The second-order valence-electron chi connectivity index (χ2n) is 2.58. The number of hydrogen-bond acceptors (Lipinski definition) is 3. The van der Waals surface area contributed by atoms with Gasteiger partial charge in [0, 0.05) is 33.7 Å². The van der Waals surface area contributed by atoms with E-state index in [1.54, 1.807) is 7.11 Å². The summed E-state index contributed by atoms with van der Waals surface area (Å²) >= 11 is 0. The third-order valence-corrected chi connectivity index (χ3v) is 1.38. The van der Waals surface area contributed by atoms with Crippen LogP contribution in [0.2, 0.25) is 0 Å². The maximum absolute atomic E-state index is 10.4. The number of rotatable bonds is 7. The van der Waals surface area contributed by atoms with Crippen LogP contribution in [0.15, 0.2) is 0 Å². The summed E-state index contributed by atoms with van der Waals surface area (Å²) < 4.78 is 4.88. The van der Waals surface area contributed by atoms with Gasteiger partial charge in [0.15, 0.2) is 0 Å². The molecule has 4 nitrogen and oxygen atoms in total. The molecule has 0 rings (SSSR count). The van der Waals surface area contributed by atoms with Gasteiger partial charge in [-0.2, -0.15) is 0 Å². The van der Waals surface area contributed by atoms with Gasteiger partial charge in [-0.1, -0.05) is 0 Å². The molecule has 0 bridgehead atoms. The Bertz CT molecular complexity index is 118. The van der Waals surface area contributed by atoms with Gasteiger partial charge in [0.1, 0.15) is 0 Å². The Morgan fingerprint density at radius 2 is 2.08 bits per heavy atom. The normalized spacial score (nSPS) is 9.83. The summed E-state index contributed by atoms with van der Waals surface area (Å²) in [7, 11) is 1.69. The van der Waals surface area contributed by atoms with Crippen LogP contribution in [0.4, 0.5) is 0 Å². The number of carbonyl (C=O) groups excluding carboxylic acids is 1. The minimum absolute atomic E-state index is 0.0219. The van der Waals surface area contributed by atoms with Crippen molar-refractivity contribution in [2.45, 2.75) is 13.3 Å². The van der Waals surface area contributed by atoms with Crippen molar-refractivity contribution in [3.8, 4) is 0 Å². The van der Waals surface area contributed by atoms with E-state index in [0.717, 1.165) is 26.1 Å². The standard InChI is InChI=1S/C8H18N2O2/c1-8(11)10-6-5-9-4-3-7-12-2/h9H,3-7H2,1-2H3,(H,10,11). The molecule has 12 heavy (non-hydrogen) atoms. The first-order valence-electron chi connectivity index (χ1n) is 4.21. The molecule has 0 aliphatic rings. The van der Waals surface area contributed by atoms with E-state index >= 15 is 0 Å². The van der Waals surface area contributed by atoms with Gasteiger partial charge in [0.05, 0.1) is 0 Å². The quantitative estimate of drug-likeness (QED) is 0.523. The lowest BCUT2D eigenvalue weighted by Gasteiger charge is -2.04. The van der Waals surface area contributed by atoms with Gasteiger partial charge in [-0.15, -0.1) is 0 Å². The van der Waals surface area contributed by atoms with Crippen LogP contribution in [0.5, 0.6) is 0 Å². The Morgan fingerprint density at radius 3 is 2.67 bits per heavy atom. The average molecular weight is 174 g/mol. The Kier molecular flexibility index (Phi) is 8.05. The number of ether oxygens (including phenoxy) is 1. The third-order valence-electron chi connectivity index (χ3n) is 1.38. The summed E-state index contributed by atoms with van der Waals surface area (Å²) in [6, 6.07) is 0. The summed E-state index contributed by atoms with van der Waals surface area (Å²) in [6.07, 6.45) is 1.01. The lowest BCUT2D eigenvalue weighted by atomic mass is 10.4. The van der Waals surface area contributed by atoms with Crippen molar-refractivity contribution in [1.82, 2.24) is 10.6 Å². The molecule has 0 saturated heterocycles. The van der Waals surface area contributed by atoms with Crippen molar-refractivity contribution in [1.29, 1.82) is 0 Å². The smallest absolute Gasteiger partial charge is 0.216 e. The monoisotopic (exact) mass is 174 g/mol. The fourth-order valence-corrected chi connectivity index (χ4v) is 0.793. The Morgan fingerprint density at radius 1 is 1.33 bits per heavy atom. The maximum Gasteiger partial charge on any atom is 0.216 e. The predicted molar refractivity (Wildman–Crippen MR) is 48.0 cm³/mol. The predicted octanol–water partition coefficient (Wildman–Crippen LogP) is -0.251. The van der Waals surface area contributed by atoms with E-state index < -0.39 is 0 Å². The van der Waals surface area contributed by atoms with E-state index in [1.807, 2.05) is 0 Å². The summed E-state index contributed by atoms with van der Waals surface area (Å²) in [5, 5.41) is 5.88. The van der Waals surface area contributed by atoms with E-state index in [0.29, 0.717) is 6.54 Å². The SMILES string of the molecule is COCCCNCCNC(C)=O. The van der Waals surface area contributed by atoms with Crippen molar-refractivity contribution >= 4 is 5.91 Å². The van der Waals surface area contributed by atoms with Gasteiger partial charge >= 0.3 is 0 Å². The van der Waals surface area contributed by atoms with E-state index in [1.165, 1.54) is 6.92 Å². The van der Waals surface area contributed by atoms with Gasteiger partial charge in [0.2, 0.25) is 5.91 Å². The average Bonchev–Trinajstić information content (AvgIpc) is 2.02. The van der Waals surface area contributed by atoms with Crippen molar-refractivity contribution in [3.05, 3.63) is 0 Å². The minimum Gasteiger partial charge on any atom is -0.385 e. The molecule has 2 N–H and O–H groups in total. The Hall–Kier alpha value is -0.610. The topological polar surface area (TPSA) is 50.4 Å². The van der Waals surface area contributed by atoms with Crippen LogP contribution in [0, 0.1) is 0 Å². The van der Waals surface area contributed by atoms with Crippen molar-refractivity contribution in [2.75, 3.05) is 33.4 Å². The Balaban J connectivity index is 2.86. The molecule has 0 unspecified atom stereocenters. The zero-order valence-corrected chi connectivity index (χ0v) is 7.85. The number of nitrogens with one attached hydrogen (secondary N) is 2. The second-order valence-corrected chi connectivity index (χ2v) is 2.58. The molecule has 0 heterocycles. The summed E-state index contributed by atoms with van der Waals surface area (Å²) in [6.45, 7) is 4.76. The molecule has 0 aliphatic heterocycles. The number of carbonyl (C=O) groups is 1. The van der Waals surface area contributed by atoms with Gasteiger partial charge in [-0.25, -0.2) is 0 Å². The minimum atomic E-state index is 0.0219. The first-order chi connectivity index (χ1) is 5.77. The van der Waals surface area contributed by atoms with Crippen LogP contribution >= 0.6 is 0 Å². The molecule has 0 aromatic carbocycles. The lowest BCUT2D eigenvalue weighted by Crippen LogP contribution is -2.30. The van der Waals surface area contributed by atoms with Gasteiger partial charge < -0.3 is 15.4 Å². The molecule has 4 heteroatoms. The highest BCUT2D eigenvalue weighted by Gasteiger charge is 1.89. The molecule has 1 amide bonds. The molecule has 0 radical (unpaired) electrons. The fourth-order valence-electron chi connectivity index (χ4n) is 0.793. The summed E-state index contributed by atoms with van der Waals surface area (Å²) in [4.78, 5) is 10.4. The molecular formula is C8H18N2O2. The highest BCUT2D eigenvalue weighted by atomic mass is 16.5. The first-order valence-corrected chi connectivity index (χ1v) is 4.21. The Labute approximate surface area is 73.7 Å². The third kappa shape index (κ3) is 9.39. The fraction of sp³-hybridized carbons (Fsp3) is 0.875. The van der Waals surface area contributed by atoms with Crippen LogP contribution in [0.3, 0.4) is 0 Å². The van der Waals surface area contributed by atoms with Crippen LogP contribution in [-0.4, -0.2) is 39.3 Å². The van der Waals surface area contributed by atoms with Crippen LogP contribution in [0.1, 0.15) is 13.3 Å². The molecule has 0 spiro atoms. The lowest BCUT2D eigenvalue weighted by molar-refractivity contribution is -0.118. The molecule has 0 saturated carbocycles.